The maximum Gasteiger partial charge on any atom is 0.336 e. The Bertz CT molecular complexity index is 643. The van der Waals surface area contributed by atoms with E-state index >= 15 is 0 Å². The predicted molar refractivity (Wildman–Crippen MR) is 71.3 cm³/mol. The smallest absolute Gasteiger partial charge is 0.336 e. The van der Waals surface area contributed by atoms with E-state index < -0.39 is 5.97 Å². The number of aryl methyl sites for hydroxylation is 1. The van der Waals surface area contributed by atoms with Crippen molar-refractivity contribution in [3.05, 3.63) is 23.5 Å². The first kappa shape index (κ1) is 12.1. The van der Waals surface area contributed by atoms with Crippen LogP contribution in [0.25, 0.3) is 11.0 Å². The fourth-order valence-corrected chi connectivity index (χ4v) is 2.50. The normalized spacial score (nSPS) is 16.7. The summed E-state index contributed by atoms with van der Waals surface area (Å²) in [6.07, 6.45) is 4.80. The van der Waals surface area contributed by atoms with Crippen LogP contribution in [0.2, 0.25) is 0 Å². The Kier molecular flexibility index (Phi) is 2.77. The van der Waals surface area contributed by atoms with E-state index in [-0.39, 0.29) is 0 Å². The first-order valence-electron chi connectivity index (χ1n) is 6.72. The van der Waals surface area contributed by atoms with E-state index in [9.17, 15) is 9.90 Å². The molecule has 1 aliphatic carbocycles. The van der Waals surface area contributed by atoms with Gasteiger partial charge in [0.05, 0.1) is 23.2 Å². The lowest BCUT2D eigenvalue weighted by molar-refractivity contribution is 0.0699. The van der Waals surface area contributed by atoms with Gasteiger partial charge in [0.1, 0.15) is 0 Å². The Hall–Kier alpha value is -1.91. The summed E-state index contributed by atoms with van der Waals surface area (Å²) in [5.74, 6) is -0.260. The van der Waals surface area contributed by atoms with E-state index in [1.807, 2.05) is 11.6 Å². The average Bonchev–Trinajstić information content (AvgIpc) is 3.16. The van der Waals surface area contributed by atoms with Crippen LogP contribution >= 0.6 is 0 Å². The van der Waals surface area contributed by atoms with E-state index in [1.165, 1.54) is 12.8 Å². The highest BCUT2D eigenvalue weighted by atomic mass is 16.4. The van der Waals surface area contributed by atoms with Gasteiger partial charge in [-0.1, -0.05) is 6.92 Å². The Morgan fingerprint density at radius 3 is 2.89 bits per heavy atom. The molecule has 5 heteroatoms. The van der Waals surface area contributed by atoms with Gasteiger partial charge in [-0.05, 0) is 38.2 Å². The molecule has 2 heterocycles. The van der Waals surface area contributed by atoms with Crippen LogP contribution in [-0.2, 0) is 6.42 Å². The van der Waals surface area contributed by atoms with Crippen molar-refractivity contribution in [3.8, 4) is 0 Å². The number of carboxylic acids is 1. The highest BCUT2D eigenvalue weighted by Crippen LogP contribution is 2.40. The molecule has 2 aromatic rings. The monoisotopic (exact) mass is 259 g/mol. The van der Waals surface area contributed by atoms with Crippen molar-refractivity contribution in [1.29, 1.82) is 0 Å². The third-order valence-electron chi connectivity index (χ3n) is 3.90. The molecule has 0 spiro atoms. The molecule has 0 radical (unpaired) electrons. The molecule has 1 unspecified atom stereocenters. The summed E-state index contributed by atoms with van der Waals surface area (Å²) < 4.78 is 1.89. The SMILES string of the molecule is CCc1cc(C(=O)O)c2cnn(C(C)C3CC3)c2n1. The van der Waals surface area contributed by atoms with Crippen LogP contribution in [-0.4, -0.2) is 25.8 Å². The molecule has 1 atom stereocenters. The quantitative estimate of drug-likeness (QED) is 0.916. The molecule has 0 amide bonds. The van der Waals surface area contributed by atoms with E-state index in [2.05, 4.69) is 17.0 Å². The molecule has 1 N–H and O–H groups in total. The molecule has 1 aliphatic rings. The van der Waals surface area contributed by atoms with Crippen molar-refractivity contribution in [2.75, 3.05) is 0 Å². The van der Waals surface area contributed by atoms with Crippen molar-refractivity contribution in [2.24, 2.45) is 5.92 Å². The third kappa shape index (κ3) is 1.99. The van der Waals surface area contributed by atoms with Crippen LogP contribution in [0.1, 0.15) is 48.8 Å². The fourth-order valence-electron chi connectivity index (χ4n) is 2.50. The first-order valence-corrected chi connectivity index (χ1v) is 6.72. The van der Waals surface area contributed by atoms with Gasteiger partial charge in [-0.15, -0.1) is 0 Å². The van der Waals surface area contributed by atoms with Gasteiger partial charge in [0.15, 0.2) is 5.65 Å². The molecule has 100 valence electrons. The number of hydrogen-bond acceptors (Lipinski definition) is 3. The van der Waals surface area contributed by atoms with Crippen molar-refractivity contribution >= 4 is 17.0 Å². The van der Waals surface area contributed by atoms with Gasteiger partial charge in [-0.3, -0.25) is 0 Å². The lowest BCUT2D eigenvalue weighted by Crippen LogP contribution is -2.10. The molecule has 1 fully saturated rings. The molecule has 5 nitrogen and oxygen atoms in total. The van der Waals surface area contributed by atoms with E-state index in [1.54, 1.807) is 12.3 Å². The third-order valence-corrected chi connectivity index (χ3v) is 3.90. The highest BCUT2D eigenvalue weighted by Gasteiger charge is 2.31. The van der Waals surface area contributed by atoms with E-state index in [0.29, 0.717) is 28.6 Å². The van der Waals surface area contributed by atoms with Gasteiger partial charge in [0.25, 0.3) is 0 Å². The number of aromatic carboxylic acids is 1. The zero-order valence-corrected chi connectivity index (χ0v) is 11.1. The Labute approximate surface area is 111 Å². The minimum Gasteiger partial charge on any atom is -0.478 e. The van der Waals surface area contributed by atoms with Crippen LogP contribution in [0.15, 0.2) is 12.3 Å². The second-order valence-electron chi connectivity index (χ2n) is 5.22. The molecule has 3 rings (SSSR count). The molecular formula is C14H17N3O2. The fraction of sp³-hybridized carbons (Fsp3) is 0.500. The molecular weight excluding hydrogens is 242 g/mol. The summed E-state index contributed by atoms with van der Waals surface area (Å²) in [6, 6.07) is 1.94. The summed E-state index contributed by atoms with van der Waals surface area (Å²) in [6.45, 7) is 4.11. The van der Waals surface area contributed by atoms with Crippen LogP contribution in [0, 0.1) is 5.92 Å². The number of rotatable bonds is 4. The van der Waals surface area contributed by atoms with Crippen molar-refractivity contribution in [1.82, 2.24) is 14.8 Å². The molecule has 0 bridgehead atoms. The van der Waals surface area contributed by atoms with Crippen LogP contribution < -0.4 is 0 Å². The van der Waals surface area contributed by atoms with Gasteiger partial charge in [-0.25, -0.2) is 14.5 Å². The number of pyridine rings is 1. The molecule has 19 heavy (non-hydrogen) atoms. The number of aromatic nitrogens is 3. The molecule has 1 saturated carbocycles. The molecule has 0 aromatic carbocycles. The zero-order valence-electron chi connectivity index (χ0n) is 11.1. The number of carbonyl (C=O) groups is 1. The summed E-state index contributed by atoms with van der Waals surface area (Å²) in [5.41, 5.74) is 1.81. The lowest BCUT2D eigenvalue weighted by Gasteiger charge is -2.12. The maximum absolute atomic E-state index is 11.3. The first-order chi connectivity index (χ1) is 9.11. The second kappa shape index (κ2) is 4.33. The summed E-state index contributed by atoms with van der Waals surface area (Å²) in [5, 5.41) is 14.3. The Morgan fingerprint density at radius 2 is 2.32 bits per heavy atom. The van der Waals surface area contributed by atoms with E-state index in [4.69, 9.17) is 0 Å². The average molecular weight is 259 g/mol. The lowest BCUT2D eigenvalue weighted by atomic mass is 10.1. The number of nitrogens with zero attached hydrogens (tertiary/aromatic N) is 3. The van der Waals surface area contributed by atoms with Gasteiger partial charge in [0, 0.05) is 5.69 Å². The number of hydrogen-bond donors (Lipinski definition) is 1. The Morgan fingerprint density at radius 1 is 1.58 bits per heavy atom. The standard InChI is InChI=1S/C14H17N3O2/c1-3-10-6-11(14(18)19)12-7-15-17(13(12)16-10)8(2)9-4-5-9/h6-9H,3-5H2,1-2H3,(H,18,19). The summed E-state index contributed by atoms with van der Waals surface area (Å²) >= 11 is 0. The van der Waals surface area contributed by atoms with Gasteiger partial charge in [0.2, 0.25) is 0 Å². The topological polar surface area (TPSA) is 68.0 Å². The van der Waals surface area contributed by atoms with Gasteiger partial charge < -0.3 is 5.11 Å². The largest absolute Gasteiger partial charge is 0.478 e. The predicted octanol–water partition coefficient (Wildman–Crippen LogP) is 2.66. The maximum atomic E-state index is 11.3. The Balaban J connectivity index is 2.20. The van der Waals surface area contributed by atoms with Crippen LogP contribution in [0.4, 0.5) is 0 Å². The molecule has 2 aromatic heterocycles. The van der Waals surface area contributed by atoms with Crippen molar-refractivity contribution in [2.45, 2.75) is 39.2 Å². The molecule has 0 aliphatic heterocycles. The summed E-state index contributed by atoms with van der Waals surface area (Å²) in [7, 11) is 0. The molecule has 0 saturated heterocycles. The van der Waals surface area contributed by atoms with Crippen molar-refractivity contribution < 1.29 is 9.90 Å². The van der Waals surface area contributed by atoms with Crippen molar-refractivity contribution in [3.63, 3.8) is 0 Å². The summed E-state index contributed by atoms with van der Waals surface area (Å²) in [4.78, 5) is 15.9. The van der Waals surface area contributed by atoms with Gasteiger partial charge in [-0.2, -0.15) is 5.10 Å². The highest BCUT2D eigenvalue weighted by molar-refractivity contribution is 6.01. The van der Waals surface area contributed by atoms with E-state index in [0.717, 1.165) is 12.1 Å². The van der Waals surface area contributed by atoms with Gasteiger partial charge >= 0.3 is 5.97 Å². The number of fused-ring (bicyclic) bond motifs is 1. The minimum absolute atomic E-state index is 0.291. The minimum atomic E-state index is -0.916. The number of carboxylic acid groups (broad SMARTS) is 1. The second-order valence-corrected chi connectivity index (χ2v) is 5.22. The zero-order chi connectivity index (χ0) is 13.6. The van der Waals surface area contributed by atoms with Crippen LogP contribution in [0.5, 0.6) is 0 Å². The van der Waals surface area contributed by atoms with Crippen LogP contribution in [0.3, 0.4) is 0 Å².